The van der Waals surface area contributed by atoms with Gasteiger partial charge in [-0.15, -0.1) is 0 Å². The van der Waals surface area contributed by atoms with E-state index in [0.717, 1.165) is 25.1 Å². The monoisotopic (exact) mass is 464 g/mol. The van der Waals surface area contributed by atoms with Crippen LogP contribution in [0.3, 0.4) is 0 Å². The standard InChI is InChI=1S/C21H32N6O4S/c1-3-17(15-28)24-20-16(2)14-22-21(26-20)25-18-5-4-6-19(13-18)32(29,30)23-7-8-27-9-11-31-12-10-27/h4-6,13-14,17,23,28H,3,7-12,15H2,1-2H3,(H2,22,24,25,26)/t17-/m1/s1. The van der Waals surface area contributed by atoms with Crippen molar-refractivity contribution >= 4 is 27.5 Å². The number of benzene rings is 1. The van der Waals surface area contributed by atoms with Crippen LogP contribution in [0.15, 0.2) is 35.4 Å². The molecule has 2 aromatic rings. The Kier molecular flexibility index (Phi) is 8.76. The molecule has 0 radical (unpaired) electrons. The molecule has 1 atom stereocenters. The number of ether oxygens (including phenoxy) is 1. The van der Waals surface area contributed by atoms with Crippen LogP contribution in [0.2, 0.25) is 0 Å². The van der Waals surface area contributed by atoms with Gasteiger partial charge in [-0.25, -0.2) is 18.1 Å². The van der Waals surface area contributed by atoms with Crippen molar-refractivity contribution in [2.45, 2.75) is 31.2 Å². The molecule has 11 heteroatoms. The summed E-state index contributed by atoms with van der Waals surface area (Å²) in [5, 5.41) is 15.7. The lowest BCUT2D eigenvalue weighted by Gasteiger charge is -2.26. The number of hydrogen-bond donors (Lipinski definition) is 4. The van der Waals surface area contributed by atoms with Crippen LogP contribution >= 0.6 is 0 Å². The van der Waals surface area contributed by atoms with E-state index in [1.54, 1.807) is 30.5 Å². The van der Waals surface area contributed by atoms with Crippen LogP contribution in [0.1, 0.15) is 18.9 Å². The van der Waals surface area contributed by atoms with Gasteiger partial charge in [-0.3, -0.25) is 4.90 Å². The van der Waals surface area contributed by atoms with Gasteiger partial charge < -0.3 is 20.5 Å². The van der Waals surface area contributed by atoms with Crippen LogP contribution < -0.4 is 15.4 Å². The maximum atomic E-state index is 12.7. The zero-order valence-corrected chi connectivity index (χ0v) is 19.4. The van der Waals surface area contributed by atoms with Gasteiger partial charge in [0.1, 0.15) is 5.82 Å². The number of nitrogens with one attached hydrogen (secondary N) is 3. The number of aliphatic hydroxyl groups excluding tert-OH is 1. The Hall–Kier alpha value is -2.31. The van der Waals surface area contributed by atoms with Crippen LogP contribution in [0, 0.1) is 6.92 Å². The molecule has 0 saturated carbocycles. The Balaban J connectivity index is 1.65. The fourth-order valence-corrected chi connectivity index (χ4v) is 4.30. The zero-order chi connectivity index (χ0) is 23.0. The summed E-state index contributed by atoms with van der Waals surface area (Å²) in [6.07, 6.45) is 2.43. The highest BCUT2D eigenvalue weighted by Crippen LogP contribution is 2.20. The average Bonchev–Trinajstić information content (AvgIpc) is 2.80. The maximum Gasteiger partial charge on any atom is 0.240 e. The number of aliphatic hydroxyl groups is 1. The zero-order valence-electron chi connectivity index (χ0n) is 18.5. The van der Waals surface area contributed by atoms with Crippen molar-refractivity contribution in [3.63, 3.8) is 0 Å². The molecular weight excluding hydrogens is 432 g/mol. The largest absolute Gasteiger partial charge is 0.394 e. The van der Waals surface area contributed by atoms with E-state index in [1.807, 2.05) is 13.8 Å². The van der Waals surface area contributed by atoms with E-state index in [1.165, 1.54) is 0 Å². The summed E-state index contributed by atoms with van der Waals surface area (Å²) in [6, 6.07) is 6.43. The lowest BCUT2D eigenvalue weighted by molar-refractivity contribution is 0.0390. The normalized spacial score (nSPS) is 16.0. The Morgan fingerprint density at radius 2 is 2.06 bits per heavy atom. The highest BCUT2D eigenvalue weighted by Gasteiger charge is 2.16. The summed E-state index contributed by atoms with van der Waals surface area (Å²) in [4.78, 5) is 11.1. The first-order valence-electron chi connectivity index (χ1n) is 10.8. The van der Waals surface area contributed by atoms with E-state index in [2.05, 4.69) is 30.2 Å². The number of sulfonamides is 1. The molecule has 1 aromatic heterocycles. The quantitative estimate of drug-likeness (QED) is 0.389. The Labute approximate surface area is 189 Å². The first-order chi connectivity index (χ1) is 15.4. The summed E-state index contributed by atoms with van der Waals surface area (Å²) in [6.45, 7) is 7.81. The summed E-state index contributed by atoms with van der Waals surface area (Å²) in [7, 11) is -3.64. The third kappa shape index (κ3) is 6.84. The molecule has 176 valence electrons. The Morgan fingerprint density at radius 3 is 2.78 bits per heavy atom. The second kappa shape index (κ2) is 11.5. The van der Waals surface area contributed by atoms with E-state index < -0.39 is 10.0 Å². The molecule has 4 N–H and O–H groups in total. The molecule has 0 spiro atoms. The van der Waals surface area contributed by atoms with Gasteiger partial charge in [-0.2, -0.15) is 4.98 Å². The van der Waals surface area contributed by atoms with Crippen LogP contribution in [-0.4, -0.2) is 80.4 Å². The highest BCUT2D eigenvalue weighted by molar-refractivity contribution is 7.89. The van der Waals surface area contributed by atoms with Crippen molar-refractivity contribution in [1.82, 2.24) is 19.6 Å². The molecule has 1 aromatic carbocycles. The van der Waals surface area contributed by atoms with Crippen molar-refractivity contribution in [3.8, 4) is 0 Å². The minimum Gasteiger partial charge on any atom is -0.394 e. The van der Waals surface area contributed by atoms with Crippen LogP contribution in [0.4, 0.5) is 17.5 Å². The van der Waals surface area contributed by atoms with Crippen LogP contribution in [0.5, 0.6) is 0 Å². The van der Waals surface area contributed by atoms with Gasteiger partial charge in [0.25, 0.3) is 0 Å². The molecule has 32 heavy (non-hydrogen) atoms. The van der Waals surface area contributed by atoms with E-state index in [0.29, 0.717) is 43.8 Å². The van der Waals surface area contributed by atoms with Gasteiger partial charge in [0.15, 0.2) is 0 Å². The van der Waals surface area contributed by atoms with Crippen LogP contribution in [0.25, 0.3) is 0 Å². The number of anilines is 3. The van der Waals surface area contributed by atoms with Crippen molar-refractivity contribution in [2.75, 3.05) is 56.6 Å². The molecule has 2 heterocycles. The fourth-order valence-electron chi connectivity index (χ4n) is 3.23. The van der Waals surface area contributed by atoms with E-state index >= 15 is 0 Å². The summed E-state index contributed by atoms with van der Waals surface area (Å²) in [5.74, 6) is 0.956. The molecule has 1 saturated heterocycles. The van der Waals surface area contributed by atoms with Crippen molar-refractivity contribution in [3.05, 3.63) is 36.0 Å². The second-order valence-corrected chi connectivity index (χ2v) is 9.43. The smallest absolute Gasteiger partial charge is 0.240 e. The van der Waals surface area contributed by atoms with Crippen molar-refractivity contribution in [2.24, 2.45) is 0 Å². The average molecular weight is 465 g/mol. The fraction of sp³-hybridized carbons (Fsp3) is 0.524. The molecule has 0 aliphatic carbocycles. The number of nitrogens with zero attached hydrogens (tertiary/aromatic N) is 3. The summed E-state index contributed by atoms with van der Waals surface area (Å²) in [5.41, 5.74) is 1.41. The second-order valence-electron chi connectivity index (χ2n) is 7.66. The van der Waals surface area contributed by atoms with Gasteiger partial charge in [0.05, 0.1) is 30.8 Å². The van der Waals surface area contributed by atoms with Crippen molar-refractivity contribution < 1.29 is 18.3 Å². The van der Waals surface area contributed by atoms with Crippen LogP contribution in [-0.2, 0) is 14.8 Å². The molecule has 0 amide bonds. The molecular formula is C21H32N6O4S. The first kappa shape index (κ1) is 24.3. The van der Waals surface area contributed by atoms with E-state index in [-0.39, 0.29) is 17.5 Å². The predicted octanol–water partition coefficient (Wildman–Crippen LogP) is 1.32. The molecule has 10 nitrogen and oxygen atoms in total. The first-order valence-corrected chi connectivity index (χ1v) is 12.3. The maximum absolute atomic E-state index is 12.7. The van der Waals surface area contributed by atoms with Gasteiger partial charge in [0.2, 0.25) is 16.0 Å². The van der Waals surface area contributed by atoms with Gasteiger partial charge in [0, 0.05) is 43.6 Å². The lowest BCUT2D eigenvalue weighted by atomic mass is 10.2. The van der Waals surface area contributed by atoms with Crippen molar-refractivity contribution in [1.29, 1.82) is 0 Å². The van der Waals surface area contributed by atoms with Gasteiger partial charge >= 0.3 is 0 Å². The SMILES string of the molecule is CC[C@H](CO)Nc1nc(Nc2cccc(S(=O)(=O)NCCN3CCOCC3)c2)ncc1C. The molecule has 1 fully saturated rings. The number of aromatic nitrogens is 2. The Bertz CT molecular complexity index is 978. The lowest BCUT2D eigenvalue weighted by Crippen LogP contribution is -2.41. The molecule has 1 aliphatic rings. The minimum absolute atomic E-state index is 0.00114. The summed E-state index contributed by atoms with van der Waals surface area (Å²) < 4.78 is 33.4. The predicted molar refractivity (Wildman–Crippen MR) is 124 cm³/mol. The third-order valence-corrected chi connectivity index (χ3v) is 6.71. The highest BCUT2D eigenvalue weighted by atomic mass is 32.2. The van der Waals surface area contributed by atoms with E-state index in [4.69, 9.17) is 4.74 Å². The number of rotatable bonds is 11. The molecule has 3 rings (SSSR count). The van der Waals surface area contributed by atoms with Gasteiger partial charge in [-0.1, -0.05) is 13.0 Å². The number of morpholine rings is 1. The van der Waals surface area contributed by atoms with Gasteiger partial charge in [-0.05, 0) is 31.5 Å². The summed E-state index contributed by atoms with van der Waals surface area (Å²) >= 11 is 0. The molecule has 1 aliphatic heterocycles. The van der Waals surface area contributed by atoms with E-state index in [9.17, 15) is 13.5 Å². The molecule has 0 unspecified atom stereocenters. The molecule has 0 bridgehead atoms. The Morgan fingerprint density at radius 1 is 1.28 bits per heavy atom. The third-order valence-electron chi connectivity index (χ3n) is 5.25. The number of aryl methyl sites for hydroxylation is 1. The number of hydrogen-bond acceptors (Lipinski definition) is 9. The minimum atomic E-state index is -3.64. The topological polar surface area (TPSA) is 129 Å².